The molecule has 0 saturated heterocycles. The van der Waals surface area contributed by atoms with Crippen molar-refractivity contribution in [2.24, 2.45) is 5.73 Å². The van der Waals surface area contributed by atoms with Crippen LogP contribution < -0.4 is 5.73 Å². The summed E-state index contributed by atoms with van der Waals surface area (Å²) in [6.07, 6.45) is 0. The molecule has 0 spiro atoms. The van der Waals surface area contributed by atoms with Gasteiger partial charge in [-0.1, -0.05) is 54.3 Å². The summed E-state index contributed by atoms with van der Waals surface area (Å²) in [5, 5.41) is 2.55. The van der Waals surface area contributed by atoms with Gasteiger partial charge in [0.05, 0.1) is 6.54 Å². The molecule has 0 radical (unpaired) electrons. The van der Waals surface area contributed by atoms with Crippen molar-refractivity contribution in [2.75, 3.05) is 6.54 Å². The molecule has 1 unspecified atom stereocenters. The molecule has 80 valence electrons. The standard InChI is InChI=1S/C15H15N/c1-12(6-5-11-16)14-10-4-8-13-7-2-3-9-15(13)14/h2-4,7-10,12H,11,16H2,1H3. The summed E-state index contributed by atoms with van der Waals surface area (Å²) < 4.78 is 0. The van der Waals surface area contributed by atoms with Gasteiger partial charge < -0.3 is 5.73 Å². The fourth-order valence-corrected chi connectivity index (χ4v) is 1.92. The molecule has 0 heterocycles. The molecule has 0 aromatic heterocycles. The number of benzene rings is 2. The zero-order valence-corrected chi connectivity index (χ0v) is 9.40. The largest absolute Gasteiger partial charge is 0.320 e. The van der Waals surface area contributed by atoms with E-state index in [1.54, 1.807) is 0 Å². The van der Waals surface area contributed by atoms with Crippen molar-refractivity contribution in [3.63, 3.8) is 0 Å². The van der Waals surface area contributed by atoms with Crippen LogP contribution in [0.1, 0.15) is 18.4 Å². The van der Waals surface area contributed by atoms with E-state index in [9.17, 15) is 0 Å². The van der Waals surface area contributed by atoms with Crippen molar-refractivity contribution >= 4 is 10.8 Å². The van der Waals surface area contributed by atoms with E-state index >= 15 is 0 Å². The predicted molar refractivity (Wildman–Crippen MR) is 69.2 cm³/mol. The van der Waals surface area contributed by atoms with E-state index in [0.717, 1.165) is 0 Å². The molecule has 0 amide bonds. The van der Waals surface area contributed by atoms with Gasteiger partial charge in [0.15, 0.2) is 0 Å². The lowest BCUT2D eigenvalue weighted by atomic mass is 9.95. The normalized spacial score (nSPS) is 11.9. The van der Waals surface area contributed by atoms with Crippen LogP contribution in [0.2, 0.25) is 0 Å². The Bertz CT molecular complexity index is 541. The third-order valence-electron chi connectivity index (χ3n) is 2.71. The molecule has 0 aliphatic heterocycles. The summed E-state index contributed by atoms with van der Waals surface area (Å²) in [5.41, 5.74) is 6.67. The van der Waals surface area contributed by atoms with Crippen molar-refractivity contribution in [1.29, 1.82) is 0 Å². The van der Waals surface area contributed by atoms with E-state index < -0.39 is 0 Å². The Hall–Kier alpha value is -1.78. The summed E-state index contributed by atoms with van der Waals surface area (Å²) >= 11 is 0. The maximum absolute atomic E-state index is 5.39. The Morgan fingerprint density at radius 1 is 1.12 bits per heavy atom. The Kier molecular flexibility index (Phi) is 3.24. The number of fused-ring (bicyclic) bond motifs is 1. The van der Waals surface area contributed by atoms with Crippen molar-refractivity contribution < 1.29 is 0 Å². The van der Waals surface area contributed by atoms with E-state index in [-0.39, 0.29) is 5.92 Å². The maximum Gasteiger partial charge on any atom is 0.0551 e. The first-order valence-corrected chi connectivity index (χ1v) is 5.49. The summed E-state index contributed by atoms with van der Waals surface area (Å²) in [5.74, 6) is 6.34. The zero-order valence-electron chi connectivity index (χ0n) is 9.40. The monoisotopic (exact) mass is 209 g/mol. The highest BCUT2D eigenvalue weighted by molar-refractivity contribution is 5.86. The minimum absolute atomic E-state index is 0.231. The first kappa shape index (κ1) is 10.7. The molecule has 1 nitrogen and oxygen atoms in total. The molecular formula is C15H15N. The second-order valence-electron chi connectivity index (χ2n) is 3.82. The molecule has 0 fully saturated rings. The highest BCUT2D eigenvalue weighted by Gasteiger charge is 2.05. The van der Waals surface area contributed by atoms with E-state index in [4.69, 9.17) is 5.73 Å². The van der Waals surface area contributed by atoms with Gasteiger partial charge in [-0.25, -0.2) is 0 Å². The second kappa shape index (κ2) is 4.83. The lowest BCUT2D eigenvalue weighted by Crippen LogP contribution is -1.96. The highest BCUT2D eigenvalue weighted by atomic mass is 14.5. The molecule has 16 heavy (non-hydrogen) atoms. The van der Waals surface area contributed by atoms with E-state index in [2.05, 4.69) is 61.2 Å². The van der Waals surface area contributed by atoms with Crippen LogP contribution in [0.3, 0.4) is 0 Å². The average molecular weight is 209 g/mol. The lowest BCUT2D eigenvalue weighted by molar-refractivity contribution is 1.02. The molecule has 2 aromatic rings. The van der Waals surface area contributed by atoms with Crippen molar-refractivity contribution in [3.8, 4) is 11.8 Å². The Labute approximate surface area is 96.3 Å². The molecule has 2 aromatic carbocycles. The van der Waals surface area contributed by atoms with Gasteiger partial charge in [0.2, 0.25) is 0 Å². The molecule has 2 rings (SSSR count). The summed E-state index contributed by atoms with van der Waals surface area (Å²) in [4.78, 5) is 0. The van der Waals surface area contributed by atoms with Crippen LogP contribution in [-0.4, -0.2) is 6.54 Å². The molecule has 0 bridgehead atoms. The SMILES string of the molecule is CC(C#CCN)c1cccc2ccccc12. The minimum atomic E-state index is 0.231. The minimum Gasteiger partial charge on any atom is -0.320 e. The van der Waals surface area contributed by atoms with Crippen LogP contribution in [0.15, 0.2) is 42.5 Å². The third kappa shape index (κ3) is 2.08. The van der Waals surface area contributed by atoms with Crippen LogP contribution in [0.5, 0.6) is 0 Å². The second-order valence-corrected chi connectivity index (χ2v) is 3.82. The summed E-state index contributed by atoms with van der Waals surface area (Å²) in [7, 11) is 0. The number of hydrogen-bond donors (Lipinski definition) is 1. The van der Waals surface area contributed by atoms with Crippen molar-refractivity contribution in [2.45, 2.75) is 12.8 Å². The average Bonchev–Trinajstić information content (AvgIpc) is 2.35. The van der Waals surface area contributed by atoms with E-state index in [0.29, 0.717) is 6.54 Å². The van der Waals surface area contributed by atoms with Gasteiger partial charge in [-0.15, -0.1) is 0 Å². The van der Waals surface area contributed by atoms with Crippen LogP contribution in [0.4, 0.5) is 0 Å². The van der Waals surface area contributed by atoms with Gasteiger partial charge in [-0.2, -0.15) is 0 Å². The Morgan fingerprint density at radius 3 is 2.69 bits per heavy atom. The zero-order chi connectivity index (χ0) is 11.4. The third-order valence-corrected chi connectivity index (χ3v) is 2.71. The number of rotatable bonds is 1. The first-order valence-electron chi connectivity index (χ1n) is 5.49. The predicted octanol–water partition coefficient (Wildman–Crippen LogP) is 2.91. The fraction of sp³-hybridized carbons (Fsp3) is 0.200. The van der Waals surface area contributed by atoms with E-state index in [1.807, 2.05) is 0 Å². The van der Waals surface area contributed by atoms with Crippen LogP contribution in [-0.2, 0) is 0 Å². The summed E-state index contributed by atoms with van der Waals surface area (Å²) in [6, 6.07) is 14.7. The van der Waals surface area contributed by atoms with Crippen LogP contribution in [0.25, 0.3) is 10.8 Å². The number of nitrogens with two attached hydrogens (primary N) is 1. The van der Waals surface area contributed by atoms with Gasteiger partial charge in [0.1, 0.15) is 0 Å². The lowest BCUT2D eigenvalue weighted by Gasteiger charge is -2.08. The molecule has 2 N–H and O–H groups in total. The molecule has 0 aliphatic carbocycles. The van der Waals surface area contributed by atoms with Gasteiger partial charge in [-0.05, 0) is 23.3 Å². The van der Waals surface area contributed by atoms with Crippen LogP contribution in [0, 0.1) is 11.8 Å². The van der Waals surface area contributed by atoms with Gasteiger partial charge in [0.25, 0.3) is 0 Å². The fourth-order valence-electron chi connectivity index (χ4n) is 1.92. The topological polar surface area (TPSA) is 26.0 Å². The number of hydrogen-bond acceptors (Lipinski definition) is 1. The first-order chi connectivity index (χ1) is 7.83. The van der Waals surface area contributed by atoms with Gasteiger partial charge in [0, 0.05) is 5.92 Å². The van der Waals surface area contributed by atoms with Crippen LogP contribution >= 0.6 is 0 Å². The summed E-state index contributed by atoms with van der Waals surface area (Å²) in [6.45, 7) is 2.54. The quantitative estimate of drug-likeness (QED) is 0.718. The van der Waals surface area contributed by atoms with Crippen molar-refractivity contribution in [1.82, 2.24) is 0 Å². The maximum atomic E-state index is 5.39. The molecular weight excluding hydrogens is 194 g/mol. The van der Waals surface area contributed by atoms with Gasteiger partial charge >= 0.3 is 0 Å². The Balaban J connectivity index is 2.52. The van der Waals surface area contributed by atoms with Crippen molar-refractivity contribution in [3.05, 3.63) is 48.0 Å². The highest BCUT2D eigenvalue weighted by Crippen LogP contribution is 2.24. The van der Waals surface area contributed by atoms with E-state index in [1.165, 1.54) is 16.3 Å². The molecule has 0 saturated carbocycles. The van der Waals surface area contributed by atoms with Gasteiger partial charge in [-0.3, -0.25) is 0 Å². The molecule has 0 aliphatic rings. The molecule has 1 atom stereocenters. The Morgan fingerprint density at radius 2 is 1.88 bits per heavy atom. The smallest absolute Gasteiger partial charge is 0.0551 e. The molecule has 1 heteroatoms.